The maximum atomic E-state index is 6.75. The van der Waals surface area contributed by atoms with Crippen LogP contribution in [0.1, 0.15) is 22.3 Å². The number of para-hydroxylation sites is 1. The normalized spacial score (nSPS) is 14.9. The molecule has 1 atom stereocenters. The van der Waals surface area contributed by atoms with E-state index in [9.17, 15) is 0 Å². The lowest BCUT2D eigenvalue weighted by atomic mass is 9.69. The Balaban J connectivity index is 1.11. The molecular weight excluding hydrogens is 681 g/mol. The predicted octanol–water partition coefficient (Wildman–Crippen LogP) is 13.4. The zero-order valence-electron chi connectivity index (χ0n) is 30.3. The van der Waals surface area contributed by atoms with E-state index in [0.29, 0.717) is 5.82 Å². The average molecular weight is 713 g/mol. The lowest BCUT2D eigenvalue weighted by Crippen LogP contribution is -2.25. The number of aromatic nitrogens is 2. The van der Waals surface area contributed by atoms with Crippen LogP contribution in [-0.4, -0.2) is 9.97 Å². The molecule has 0 fully saturated rings. The van der Waals surface area contributed by atoms with Crippen molar-refractivity contribution < 1.29 is 4.42 Å². The summed E-state index contributed by atoms with van der Waals surface area (Å²) in [6.07, 6.45) is 0. The van der Waals surface area contributed by atoms with Crippen LogP contribution in [0.4, 0.5) is 0 Å². The van der Waals surface area contributed by atoms with E-state index < -0.39 is 5.41 Å². The molecule has 10 aromatic rings. The Labute approximate surface area is 324 Å². The minimum absolute atomic E-state index is 0.535. The Morgan fingerprint density at radius 2 is 0.982 bits per heavy atom. The van der Waals surface area contributed by atoms with Crippen molar-refractivity contribution in [2.45, 2.75) is 5.41 Å². The van der Waals surface area contributed by atoms with Crippen LogP contribution in [0.25, 0.3) is 89.2 Å². The molecule has 2 heterocycles. The van der Waals surface area contributed by atoms with E-state index in [1.165, 1.54) is 33.4 Å². The Hall–Kier alpha value is -7.36. The average Bonchev–Trinajstić information content (AvgIpc) is 3.90. The van der Waals surface area contributed by atoms with Crippen molar-refractivity contribution in [1.29, 1.82) is 0 Å². The first-order chi connectivity index (χ1) is 27.8. The maximum absolute atomic E-state index is 6.75. The second-order valence-corrected chi connectivity index (χ2v) is 14.8. The second-order valence-electron chi connectivity index (χ2n) is 14.8. The van der Waals surface area contributed by atoms with Crippen molar-refractivity contribution in [3.8, 4) is 67.5 Å². The highest BCUT2D eigenvalue weighted by atomic mass is 16.3. The van der Waals surface area contributed by atoms with Crippen LogP contribution in [0.2, 0.25) is 0 Å². The molecule has 0 aliphatic heterocycles. The van der Waals surface area contributed by atoms with Gasteiger partial charge in [0.2, 0.25) is 0 Å². The molecule has 3 nitrogen and oxygen atoms in total. The number of hydrogen-bond acceptors (Lipinski definition) is 3. The summed E-state index contributed by atoms with van der Waals surface area (Å²) < 4.78 is 6.75. The van der Waals surface area contributed by atoms with Crippen molar-refractivity contribution in [1.82, 2.24) is 9.97 Å². The summed E-state index contributed by atoms with van der Waals surface area (Å²) in [4.78, 5) is 10.6. The lowest BCUT2D eigenvalue weighted by molar-refractivity contribution is 0.628. The highest BCUT2D eigenvalue weighted by Gasteiger charge is 2.54. The fraction of sp³-hybridized carbons (Fsp3) is 0.0189. The van der Waals surface area contributed by atoms with E-state index in [-0.39, 0.29) is 0 Å². The van der Waals surface area contributed by atoms with Crippen molar-refractivity contribution >= 4 is 21.7 Å². The fourth-order valence-electron chi connectivity index (χ4n) is 9.60. The molecule has 0 bridgehead atoms. The van der Waals surface area contributed by atoms with Gasteiger partial charge in [0.1, 0.15) is 11.3 Å². The SMILES string of the molecule is c1ccc(-c2cc(-c3ccccc3-c3ccc4c(c3)C3(c5ccccc5-4)c4ccccc4-c4oc5ccccc5c43)nc(-c3cccc4ccccc34)n2)cc1. The van der Waals surface area contributed by atoms with Gasteiger partial charge in [-0.2, -0.15) is 0 Å². The van der Waals surface area contributed by atoms with Crippen molar-refractivity contribution in [2.75, 3.05) is 0 Å². The third-order valence-electron chi connectivity index (χ3n) is 11.9. The van der Waals surface area contributed by atoms with E-state index in [4.69, 9.17) is 14.4 Å². The minimum atomic E-state index is -0.535. The molecule has 0 saturated heterocycles. The molecule has 56 heavy (non-hydrogen) atoms. The monoisotopic (exact) mass is 712 g/mol. The highest BCUT2D eigenvalue weighted by molar-refractivity contribution is 6.03. The standard InChI is InChI=1S/C53H32N2O/c1-2-16-34(17-3-1)47-32-48(55-52(54-47)41-25-14-18-33-15-4-5-19-36(33)41)40-22-7-6-20-37(40)35-29-30-39-38-21-8-11-26-44(38)53(46(39)31-35)45-27-12-9-23-42(45)51-50(53)43-24-10-13-28-49(43)56-51/h1-32H. The van der Waals surface area contributed by atoms with Gasteiger partial charge >= 0.3 is 0 Å². The molecular formula is C53H32N2O. The number of nitrogens with zero attached hydrogens (tertiary/aromatic N) is 2. The molecule has 0 radical (unpaired) electrons. The third-order valence-corrected chi connectivity index (χ3v) is 11.9. The number of fused-ring (bicyclic) bond motifs is 13. The van der Waals surface area contributed by atoms with Gasteiger partial charge in [0.15, 0.2) is 5.82 Å². The molecule has 3 heteroatoms. The number of rotatable bonds is 4. The summed E-state index contributed by atoms with van der Waals surface area (Å²) in [5.74, 6) is 1.67. The molecule has 2 aliphatic carbocycles. The summed E-state index contributed by atoms with van der Waals surface area (Å²) in [5.41, 5.74) is 16.2. The van der Waals surface area contributed by atoms with Crippen molar-refractivity contribution in [3.63, 3.8) is 0 Å². The molecule has 0 amide bonds. The fourth-order valence-corrected chi connectivity index (χ4v) is 9.60. The number of hydrogen-bond donors (Lipinski definition) is 0. The summed E-state index contributed by atoms with van der Waals surface area (Å²) in [5, 5.41) is 3.45. The van der Waals surface area contributed by atoms with Crippen LogP contribution in [0.15, 0.2) is 199 Å². The third kappa shape index (κ3) is 4.28. The summed E-state index contributed by atoms with van der Waals surface area (Å²) in [7, 11) is 0. The van der Waals surface area contributed by atoms with Gasteiger partial charge in [0, 0.05) is 33.2 Å². The Kier molecular flexibility index (Phi) is 6.55. The van der Waals surface area contributed by atoms with Crippen LogP contribution < -0.4 is 0 Å². The van der Waals surface area contributed by atoms with E-state index in [2.05, 4.69) is 188 Å². The molecule has 2 aromatic heterocycles. The largest absolute Gasteiger partial charge is 0.456 e. The van der Waals surface area contributed by atoms with E-state index in [1.807, 2.05) is 6.07 Å². The second kappa shape index (κ2) is 11.8. The topological polar surface area (TPSA) is 38.9 Å². The van der Waals surface area contributed by atoms with Gasteiger partial charge < -0.3 is 4.42 Å². The Morgan fingerprint density at radius 1 is 0.375 bits per heavy atom. The quantitative estimate of drug-likeness (QED) is 0.182. The van der Waals surface area contributed by atoms with Gasteiger partial charge in [0.05, 0.1) is 16.8 Å². The molecule has 8 aromatic carbocycles. The van der Waals surface area contributed by atoms with E-state index in [1.54, 1.807) is 0 Å². The predicted molar refractivity (Wildman–Crippen MR) is 227 cm³/mol. The lowest BCUT2D eigenvalue weighted by Gasteiger charge is -2.30. The van der Waals surface area contributed by atoms with Crippen LogP contribution >= 0.6 is 0 Å². The first-order valence-electron chi connectivity index (χ1n) is 19.2. The van der Waals surface area contributed by atoms with Gasteiger partial charge in [-0.25, -0.2) is 9.97 Å². The van der Waals surface area contributed by atoms with Gasteiger partial charge in [-0.05, 0) is 67.9 Å². The van der Waals surface area contributed by atoms with Crippen LogP contribution in [-0.2, 0) is 5.41 Å². The molecule has 0 N–H and O–H groups in total. The molecule has 12 rings (SSSR count). The Morgan fingerprint density at radius 3 is 1.84 bits per heavy atom. The summed E-state index contributed by atoms with van der Waals surface area (Å²) in [6, 6.07) is 69.4. The number of benzene rings is 8. The van der Waals surface area contributed by atoms with Gasteiger partial charge in [-0.15, -0.1) is 0 Å². The van der Waals surface area contributed by atoms with E-state index in [0.717, 1.165) is 72.3 Å². The first-order valence-corrected chi connectivity index (χ1v) is 19.2. The van der Waals surface area contributed by atoms with Crippen molar-refractivity contribution in [3.05, 3.63) is 216 Å². The van der Waals surface area contributed by atoms with E-state index >= 15 is 0 Å². The smallest absolute Gasteiger partial charge is 0.161 e. The summed E-state index contributed by atoms with van der Waals surface area (Å²) in [6.45, 7) is 0. The Bertz CT molecular complexity index is 3210. The molecule has 1 spiro atoms. The summed E-state index contributed by atoms with van der Waals surface area (Å²) >= 11 is 0. The van der Waals surface area contributed by atoms with Crippen LogP contribution in [0.5, 0.6) is 0 Å². The number of furan rings is 1. The van der Waals surface area contributed by atoms with Gasteiger partial charge in [-0.1, -0.05) is 176 Å². The van der Waals surface area contributed by atoms with Crippen LogP contribution in [0.3, 0.4) is 0 Å². The zero-order chi connectivity index (χ0) is 36.8. The first kappa shape index (κ1) is 31.0. The minimum Gasteiger partial charge on any atom is -0.456 e. The molecule has 260 valence electrons. The van der Waals surface area contributed by atoms with Gasteiger partial charge in [0.25, 0.3) is 0 Å². The molecule has 0 saturated carbocycles. The maximum Gasteiger partial charge on any atom is 0.161 e. The van der Waals surface area contributed by atoms with Gasteiger partial charge in [-0.3, -0.25) is 0 Å². The molecule has 2 aliphatic rings. The zero-order valence-corrected chi connectivity index (χ0v) is 30.3. The van der Waals surface area contributed by atoms with Crippen LogP contribution in [0, 0.1) is 0 Å². The highest BCUT2D eigenvalue weighted by Crippen LogP contribution is 2.65. The molecule has 1 unspecified atom stereocenters. The van der Waals surface area contributed by atoms with Crippen molar-refractivity contribution in [2.24, 2.45) is 0 Å².